The number of aliphatic hydroxyl groups is 1. The van der Waals surface area contributed by atoms with Crippen molar-refractivity contribution in [1.29, 1.82) is 0 Å². The molecule has 5 nitrogen and oxygen atoms in total. The zero-order chi connectivity index (χ0) is 17.9. The van der Waals surface area contributed by atoms with Crippen LogP contribution < -0.4 is 5.32 Å². The highest BCUT2D eigenvalue weighted by atomic mass is 79.9. The number of nitrogens with zero attached hydrogens (tertiary/aromatic N) is 2. The Balaban J connectivity index is 2.27. The Hall–Kier alpha value is -1.73. The van der Waals surface area contributed by atoms with E-state index in [-0.39, 0.29) is 30.2 Å². The van der Waals surface area contributed by atoms with E-state index in [4.69, 9.17) is 0 Å². The van der Waals surface area contributed by atoms with E-state index < -0.39 is 5.82 Å². The summed E-state index contributed by atoms with van der Waals surface area (Å²) in [4.78, 5) is 12.5. The van der Waals surface area contributed by atoms with Crippen molar-refractivity contribution in [3.8, 4) is 5.69 Å². The number of rotatable bonds is 6. The molecule has 2 aromatic rings. The molecule has 2 atom stereocenters. The Kier molecular flexibility index (Phi) is 6.12. The normalized spacial score (nSPS) is 13.6. The maximum absolute atomic E-state index is 14.1. The zero-order valence-corrected chi connectivity index (χ0v) is 15.5. The van der Waals surface area contributed by atoms with Gasteiger partial charge in [0.25, 0.3) is 5.91 Å². The van der Waals surface area contributed by atoms with Gasteiger partial charge in [-0.3, -0.25) is 4.79 Å². The summed E-state index contributed by atoms with van der Waals surface area (Å²) in [5.74, 6) is -0.607. The number of carbonyl (C=O) groups excluding carboxylic acids is 1. The van der Waals surface area contributed by atoms with Crippen LogP contribution in [0.3, 0.4) is 0 Å². The molecule has 0 fully saturated rings. The van der Waals surface area contributed by atoms with Crippen LogP contribution >= 0.6 is 15.9 Å². The molecule has 0 saturated heterocycles. The van der Waals surface area contributed by atoms with Crippen LogP contribution in [0.5, 0.6) is 0 Å². The second-order valence-corrected chi connectivity index (χ2v) is 6.71. The molecular weight excluding hydrogens is 377 g/mol. The summed E-state index contributed by atoms with van der Waals surface area (Å²) >= 11 is 3.21. The molecule has 0 saturated carbocycles. The molecule has 130 valence electrons. The van der Waals surface area contributed by atoms with Crippen molar-refractivity contribution in [2.75, 3.05) is 6.61 Å². The van der Waals surface area contributed by atoms with E-state index in [2.05, 4.69) is 26.3 Å². The number of hydrogen-bond acceptors (Lipinski definition) is 3. The lowest BCUT2D eigenvalue weighted by atomic mass is 9.99. The maximum Gasteiger partial charge on any atom is 0.255 e. The Bertz CT molecular complexity index is 733. The third-order valence-electron chi connectivity index (χ3n) is 4.24. The van der Waals surface area contributed by atoms with Crippen LogP contribution in [-0.2, 0) is 0 Å². The lowest BCUT2D eigenvalue weighted by Crippen LogP contribution is -2.42. The molecule has 1 aromatic carbocycles. The molecule has 1 heterocycles. The van der Waals surface area contributed by atoms with E-state index in [0.29, 0.717) is 15.7 Å². The standard InChI is InChI=1S/C17H21BrFN3O2/c1-4-10(2)15(9-23)21-17(24)13-8-20-22(11(13)3)16-6-5-12(18)7-14(16)19/h5-8,10,15,23H,4,9H2,1-3H3,(H,21,24)/t10-,15-/m1/s1. The van der Waals surface area contributed by atoms with Crippen molar-refractivity contribution in [3.63, 3.8) is 0 Å². The summed E-state index contributed by atoms with van der Waals surface area (Å²) in [7, 11) is 0. The average Bonchev–Trinajstić information content (AvgIpc) is 2.93. The second-order valence-electron chi connectivity index (χ2n) is 5.80. The molecule has 0 aliphatic heterocycles. The molecule has 0 aliphatic rings. The Morgan fingerprint density at radius 1 is 1.50 bits per heavy atom. The average molecular weight is 398 g/mol. The monoisotopic (exact) mass is 397 g/mol. The minimum atomic E-state index is -0.435. The van der Waals surface area contributed by atoms with Crippen LogP contribution in [-0.4, -0.2) is 33.4 Å². The van der Waals surface area contributed by atoms with E-state index in [1.807, 2.05) is 13.8 Å². The molecule has 1 aromatic heterocycles. The van der Waals surface area contributed by atoms with Crippen LogP contribution in [0.25, 0.3) is 5.69 Å². The molecule has 7 heteroatoms. The van der Waals surface area contributed by atoms with Gasteiger partial charge in [0.05, 0.1) is 30.1 Å². The quantitative estimate of drug-likeness (QED) is 0.785. The Morgan fingerprint density at radius 3 is 2.79 bits per heavy atom. The van der Waals surface area contributed by atoms with E-state index >= 15 is 0 Å². The molecular formula is C17H21BrFN3O2. The van der Waals surface area contributed by atoms with Gasteiger partial charge in [0.1, 0.15) is 11.5 Å². The van der Waals surface area contributed by atoms with Crippen LogP contribution in [0.4, 0.5) is 4.39 Å². The zero-order valence-electron chi connectivity index (χ0n) is 13.9. The fourth-order valence-electron chi connectivity index (χ4n) is 2.43. The first-order valence-corrected chi connectivity index (χ1v) is 8.60. The minimum Gasteiger partial charge on any atom is -0.394 e. The van der Waals surface area contributed by atoms with E-state index in [1.165, 1.54) is 16.9 Å². The summed E-state index contributed by atoms with van der Waals surface area (Å²) in [6, 6.07) is 4.33. The molecule has 24 heavy (non-hydrogen) atoms. The van der Waals surface area contributed by atoms with Gasteiger partial charge < -0.3 is 10.4 Å². The van der Waals surface area contributed by atoms with Crippen molar-refractivity contribution in [2.24, 2.45) is 5.92 Å². The number of hydrogen-bond donors (Lipinski definition) is 2. The van der Waals surface area contributed by atoms with Crippen molar-refractivity contribution in [1.82, 2.24) is 15.1 Å². The van der Waals surface area contributed by atoms with E-state index in [9.17, 15) is 14.3 Å². The van der Waals surface area contributed by atoms with Gasteiger partial charge >= 0.3 is 0 Å². The summed E-state index contributed by atoms with van der Waals surface area (Å²) in [5, 5.41) is 16.4. The minimum absolute atomic E-state index is 0.130. The highest BCUT2D eigenvalue weighted by Gasteiger charge is 2.22. The SMILES string of the molecule is CC[C@@H](C)[C@@H](CO)NC(=O)c1cnn(-c2ccc(Br)cc2F)c1C. The number of amides is 1. The van der Waals surface area contributed by atoms with Crippen molar-refractivity contribution in [2.45, 2.75) is 33.2 Å². The number of carbonyl (C=O) groups is 1. The number of benzene rings is 1. The molecule has 2 N–H and O–H groups in total. The molecule has 0 spiro atoms. The van der Waals surface area contributed by atoms with Crippen molar-refractivity contribution in [3.05, 3.63) is 45.9 Å². The number of nitrogens with one attached hydrogen (secondary N) is 1. The maximum atomic E-state index is 14.1. The number of aliphatic hydroxyl groups excluding tert-OH is 1. The Labute approximate surface area is 149 Å². The number of halogens is 2. The predicted octanol–water partition coefficient (Wildman–Crippen LogP) is 3.22. The molecule has 0 bridgehead atoms. The topological polar surface area (TPSA) is 67.2 Å². The fourth-order valence-corrected chi connectivity index (χ4v) is 2.76. The smallest absolute Gasteiger partial charge is 0.255 e. The van der Waals surface area contributed by atoms with E-state index in [1.54, 1.807) is 19.1 Å². The third-order valence-corrected chi connectivity index (χ3v) is 4.73. The first-order chi connectivity index (χ1) is 11.4. The molecule has 1 amide bonds. The van der Waals surface area contributed by atoms with Gasteiger partial charge in [-0.1, -0.05) is 36.2 Å². The highest BCUT2D eigenvalue weighted by Crippen LogP contribution is 2.21. The summed E-state index contributed by atoms with van der Waals surface area (Å²) < 4.78 is 16.1. The summed E-state index contributed by atoms with van der Waals surface area (Å²) in [6.45, 7) is 5.55. The fraction of sp³-hybridized carbons (Fsp3) is 0.412. The third kappa shape index (κ3) is 3.84. The van der Waals surface area contributed by atoms with Crippen LogP contribution in [0.1, 0.15) is 36.3 Å². The lowest BCUT2D eigenvalue weighted by Gasteiger charge is -2.22. The summed E-state index contributed by atoms with van der Waals surface area (Å²) in [5.41, 5.74) is 1.17. The second kappa shape index (κ2) is 7.90. The van der Waals surface area contributed by atoms with Crippen LogP contribution in [0, 0.1) is 18.7 Å². The van der Waals surface area contributed by atoms with E-state index in [0.717, 1.165) is 6.42 Å². The van der Waals surface area contributed by atoms with Gasteiger partial charge in [-0.05, 0) is 31.0 Å². The van der Waals surface area contributed by atoms with Crippen molar-refractivity contribution >= 4 is 21.8 Å². The predicted molar refractivity (Wildman–Crippen MR) is 93.8 cm³/mol. The molecule has 0 radical (unpaired) electrons. The van der Waals surface area contributed by atoms with Gasteiger partial charge in [0.15, 0.2) is 0 Å². The first-order valence-electron chi connectivity index (χ1n) is 7.80. The first kappa shape index (κ1) is 18.6. The molecule has 0 aliphatic carbocycles. The van der Waals surface area contributed by atoms with Gasteiger partial charge in [-0.2, -0.15) is 5.10 Å². The summed E-state index contributed by atoms with van der Waals surface area (Å²) in [6.07, 6.45) is 2.26. The van der Waals surface area contributed by atoms with Crippen LogP contribution in [0.15, 0.2) is 28.9 Å². The largest absolute Gasteiger partial charge is 0.394 e. The molecule has 0 unspecified atom stereocenters. The Morgan fingerprint density at radius 2 is 2.21 bits per heavy atom. The van der Waals surface area contributed by atoms with Gasteiger partial charge in [-0.15, -0.1) is 0 Å². The lowest BCUT2D eigenvalue weighted by molar-refractivity contribution is 0.0890. The van der Waals surface area contributed by atoms with Crippen LogP contribution in [0.2, 0.25) is 0 Å². The van der Waals surface area contributed by atoms with Crippen molar-refractivity contribution < 1.29 is 14.3 Å². The van der Waals surface area contributed by atoms with Gasteiger partial charge in [0.2, 0.25) is 0 Å². The van der Waals surface area contributed by atoms with Gasteiger partial charge in [0, 0.05) is 4.47 Å². The van der Waals surface area contributed by atoms with Gasteiger partial charge in [-0.25, -0.2) is 9.07 Å². The number of aromatic nitrogens is 2. The highest BCUT2D eigenvalue weighted by molar-refractivity contribution is 9.10. The molecule has 2 rings (SSSR count).